The standard InChI is InChI=1S/C15H18N2O3/c16-12-14-4-1-3-13(11-14)5-6-15(20)17(8-10-19)7-2-9-18/h1,3-6,11,18-19H,2,7-10H2/b6-5+. The third kappa shape index (κ3) is 5.22. The van der Waals surface area contributed by atoms with Crippen LogP contribution in [0.1, 0.15) is 17.5 Å². The van der Waals surface area contributed by atoms with Crippen LogP contribution in [-0.4, -0.2) is 47.3 Å². The summed E-state index contributed by atoms with van der Waals surface area (Å²) in [6, 6.07) is 8.97. The van der Waals surface area contributed by atoms with Crippen LogP contribution in [0.5, 0.6) is 0 Å². The molecule has 0 radical (unpaired) electrons. The summed E-state index contributed by atoms with van der Waals surface area (Å²) in [6.45, 7) is 0.526. The summed E-state index contributed by atoms with van der Waals surface area (Å²) in [7, 11) is 0. The highest BCUT2D eigenvalue weighted by Crippen LogP contribution is 2.06. The Hall–Kier alpha value is -2.16. The maximum absolute atomic E-state index is 11.9. The molecule has 1 rings (SSSR count). The number of hydrogen-bond acceptors (Lipinski definition) is 4. The molecule has 1 aromatic carbocycles. The van der Waals surface area contributed by atoms with Gasteiger partial charge in [0.05, 0.1) is 18.2 Å². The van der Waals surface area contributed by atoms with Crippen molar-refractivity contribution in [1.82, 2.24) is 4.90 Å². The Bertz CT molecular complexity index is 506. The van der Waals surface area contributed by atoms with Crippen molar-refractivity contribution >= 4 is 12.0 Å². The first-order chi connectivity index (χ1) is 9.71. The van der Waals surface area contributed by atoms with Gasteiger partial charge in [0.1, 0.15) is 0 Å². The van der Waals surface area contributed by atoms with E-state index in [-0.39, 0.29) is 25.7 Å². The van der Waals surface area contributed by atoms with Crippen molar-refractivity contribution in [3.8, 4) is 6.07 Å². The number of amides is 1. The molecule has 0 saturated carbocycles. The van der Waals surface area contributed by atoms with Crippen LogP contribution in [0.15, 0.2) is 30.3 Å². The van der Waals surface area contributed by atoms with E-state index in [1.165, 1.54) is 11.0 Å². The highest BCUT2D eigenvalue weighted by molar-refractivity contribution is 5.91. The van der Waals surface area contributed by atoms with Crippen molar-refractivity contribution in [2.45, 2.75) is 6.42 Å². The predicted octanol–water partition coefficient (Wildman–Crippen LogP) is 0.775. The van der Waals surface area contributed by atoms with Crippen LogP contribution in [-0.2, 0) is 4.79 Å². The van der Waals surface area contributed by atoms with Crippen LogP contribution in [0.4, 0.5) is 0 Å². The third-order valence-corrected chi connectivity index (χ3v) is 2.70. The normalized spacial score (nSPS) is 10.4. The molecule has 0 spiro atoms. The molecule has 0 saturated heterocycles. The van der Waals surface area contributed by atoms with Crippen molar-refractivity contribution in [3.05, 3.63) is 41.5 Å². The number of carbonyl (C=O) groups is 1. The average molecular weight is 274 g/mol. The van der Waals surface area contributed by atoms with Gasteiger partial charge in [-0.05, 0) is 30.2 Å². The number of hydrogen-bond donors (Lipinski definition) is 2. The highest BCUT2D eigenvalue weighted by Gasteiger charge is 2.08. The monoisotopic (exact) mass is 274 g/mol. The summed E-state index contributed by atoms with van der Waals surface area (Å²) in [5.41, 5.74) is 1.30. The maximum atomic E-state index is 11.9. The second-order valence-electron chi connectivity index (χ2n) is 4.20. The number of carbonyl (C=O) groups excluding carboxylic acids is 1. The summed E-state index contributed by atoms with van der Waals surface area (Å²) >= 11 is 0. The quantitative estimate of drug-likeness (QED) is 0.719. The molecule has 106 valence electrons. The number of benzene rings is 1. The number of nitriles is 1. The molecule has 0 atom stereocenters. The second kappa shape index (κ2) is 8.86. The molecule has 0 aliphatic carbocycles. The van der Waals surface area contributed by atoms with Crippen molar-refractivity contribution in [2.24, 2.45) is 0 Å². The van der Waals surface area contributed by atoms with E-state index in [1.54, 1.807) is 30.3 Å². The second-order valence-corrected chi connectivity index (χ2v) is 4.20. The lowest BCUT2D eigenvalue weighted by Gasteiger charge is -2.19. The molecule has 5 heteroatoms. The number of nitrogens with zero attached hydrogens (tertiary/aromatic N) is 2. The zero-order chi connectivity index (χ0) is 14.8. The largest absolute Gasteiger partial charge is 0.396 e. The molecule has 0 aromatic heterocycles. The van der Waals surface area contributed by atoms with E-state index in [4.69, 9.17) is 15.5 Å². The molecule has 2 N–H and O–H groups in total. The summed E-state index contributed by atoms with van der Waals surface area (Å²) in [6.07, 6.45) is 3.51. The third-order valence-electron chi connectivity index (χ3n) is 2.70. The lowest BCUT2D eigenvalue weighted by molar-refractivity contribution is -0.126. The van der Waals surface area contributed by atoms with Gasteiger partial charge in [0.15, 0.2) is 0 Å². The fourth-order valence-corrected chi connectivity index (χ4v) is 1.70. The molecule has 1 aromatic rings. The number of aliphatic hydroxyl groups excluding tert-OH is 2. The molecule has 0 bridgehead atoms. The molecule has 5 nitrogen and oxygen atoms in total. The molecule has 0 aliphatic heterocycles. The van der Waals surface area contributed by atoms with Crippen molar-refractivity contribution in [3.63, 3.8) is 0 Å². The van der Waals surface area contributed by atoms with Gasteiger partial charge in [0.25, 0.3) is 0 Å². The maximum Gasteiger partial charge on any atom is 0.246 e. The van der Waals surface area contributed by atoms with Gasteiger partial charge in [0, 0.05) is 25.8 Å². The summed E-state index contributed by atoms with van der Waals surface area (Å²) in [5, 5.41) is 26.5. The smallest absolute Gasteiger partial charge is 0.246 e. The van der Waals surface area contributed by atoms with Gasteiger partial charge in [-0.15, -0.1) is 0 Å². The minimum atomic E-state index is -0.227. The molecular weight excluding hydrogens is 256 g/mol. The van der Waals surface area contributed by atoms with Gasteiger partial charge >= 0.3 is 0 Å². The van der Waals surface area contributed by atoms with E-state index in [0.29, 0.717) is 18.5 Å². The lowest BCUT2D eigenvalue weighted by atomic mass is 10.1. The fourth-order valence-electron chi connectivity index (χ4n) is 1.70. The van der Waals surface area contributed by atoms with Gasteiger partial charge in [0.2, 0.25) is 5.91 Å². The van der Waals surface area contributed by atoms with Crippen molar-refractivity contribution in [1.29, 1.82) is 5.26 Å². The molecule has 20 heavy (non-hydrogen) atoms. The Morgan fingerprint density at radius 2 is 2.10 bits per heavy atom. The summed E-state index contributed by atoms with van der Waals surface area (Å²) in [5.74, 6) is -0.227. The van der Waals surface area contributed by atoms with Gasteiger partial charge in [-0.25, -0.2) is 0 Å². The van der Waals surface area contributed by atoms with Crippen LogP contribution >= 0.6 is 0 Å². The molecular formula is C15H18N2O3. The fraction of sp³-hybridized carbons (Fsp3) is 0.333. The molecule has 0 aliphatic rings. The SMILES string of the molecule is N#Cc1cccc(/C=C/C(=O)N(CCO)CCCO)c1. The number of rotatable bonds is 7. The molecule has 0 fully saturated rings. The van der Waals surface area contributed by atoms with Gasteiger partial charge in [-0.1, -0.05) is 12.1 Å². The lowest BCUT2D eigenvalue weighted by Crippen LogP contribution is -2.33. The van der Waals surface area contributed by atoms with E-state index >= 15 is 0 Å². The highest BCUT2D eigenvalue weighted by atomic mass is 16.3. The van der Waals surface area contributed by atoms with E-state index in [9.17, 15) is 4.79 Å². The molecule has 0 unspecified atom stereocenters. The Morgan fingerprint density at radius 3 is 2.75 bits per heavy atom. The zero-order valence-electron chi connectivity index (χ0n) is 11.2. The molecule has 1 amide bonds. The summed E-state index contributed by atoms with van der Waals surface area (Å²) < 4.78 is 0. The van der Waals surface area contributed by atoms with Crippen LogP contribution in [0.3, 0.4) is 0 Å². The van der Waals surface area contributed by atoms with Crippen LogP contribution < -0.4 is 0 Å². The minimum absolute atomic E-state index is 0.00311. The van der Waals surface area contributed by atoms with E-state index in [1.807, 2.05) is 6.07 Å². The first-order valence-corrected chi connectivity index (χ1v) is 6.40. The number of aliphatic hydroxyl groups is 2. The average Bonchev–Trinajstić information content (AvgIpc) is 2.49. The van der Waals surface area contributed by atoms with Gasteiger partial charge in [-0.3, -0.25) is 4.79 Å². The first-order valence-electron chi connectivity index (χ1n) is 6.40. The molecule has 0 heterocycles. The Kier molecular flexibility index (Phi) is 7.04. The Morgan fingerprint density at radius 1 is 1.30 bits per heavy atom. The van der Waals surface area contributed by atoms with Crippen LogP contribution in [0.25, 0.3) is 6.08 Å². The minimum Gasteiger partial charge on any atom is -0.396 e. The van der Waals surface area contributed by atoms with E-state index in [0.717, 1.165) is 5.56 Å². The van der Waals surface area contributed by atoms with Crippen LogP contribution in [0.2, 0.25) is 0 Å². The zero-order valence-corrected chi connectivity index (χ0v) is 11.2. The Labute approximate surface area is 118 Å². The van der Waals surface area contributed by atoms with E-state index < -0.39 is 0 Å². The van der Waals surface area contributed by atoms with E-state index in [2.05, 4.69) is 0 Å². The first kappa shape index (κ1) is 15.9. The van der Waals surface area contributed by atoms with Crippen molar-refractivity contribution in [2.75, 3.05) is 26.3 Å². The van der Waals surface area contributed by atoms with Gasteiger partial charge < -0.3 is 15.1 Å². The van der Waals surface area contributed by atoms with Crippen molar-refractivity contribution < 1.29 is 15.0 Å². The Balaban J connectivity index is 2.70. The van der Waals surface area contributed by atoms with Gasteiger partial charge in [-0.2, -0.15) is 5.26 Å². The van der Waals surface area contributed by atoms with Crippen LogP contribution in [0, 0.1) is 11.3 Å². The predicted molar refractivity (Wildman–Crippen MR) is 75.6 cm³/mol. The topological polar surface area (TPSA) is 84.6 Å². The summed E-state index contributed by atoms with van der Waals surface area (Å²) in [4.78, 5) is 13.4.